The van der Waals surface area contributed by atoms with Crippen LogP contribution in [-0.2, 0) is 14.3 Å². The van der Waals surface area contributed by atoms with Crippen molar-refractivity contribution >= 4 is 46.7 Å². The standard InChI is InChI=1S/C29H25ClN2O6/c1-4-37-28(35)18-10-14-22(15-11-18)32-26(33)24(30)25(27(32)34)31-21-12-8-19(9-13-21)29(36)38-23-7-5-6-20(16-23)17(2)3/h5-17,31H,4H2,1-3H3. The number of hydrogen-bond acceptors (Lipinski definition) is 7. The van der Waals surface area contributed by atoms with E-state index in [4.69, 9.17) is 21.1 Å². The molecule has 3 aromatic rings. The van der Waals surface area contributed by atoms with Crippen molar-refractivity contribution in [3.8, 4) is 5.75 Å². The maximum Gasteiger partial charge on any atom is 0.343 e. The van der Waals surface area contributed by atoms with E-state index >= 15 is 0 Å². The predicted molar refractivity (Wildman–Crippen MR) is 143 cm³/mol. The van der Waals surface area contributed by atoms with E-state index in [9.17, 15) is 19.2 Å². The van der Waals surface area contributed by atoms with Gasteiger partial charge in [0.2, 0.25) is 0 Å². The molecule has 4 rings (SSSR count). The van der Waals surface area contributed by atoms with Crippen LogP contribution in [0.15, 0.2) is 83.5 Å². The minimum Gasteiger partial charge on any atom is -0.462 e. The molecule has 0 aromatic heterocycles. The zero-order valence-corrected chi connectivity index (χ0v) is 21.7. The largest absolute Gasteiger partial charge is 0.462 e. The van der Waals surface area contributed by atoms with Crippen molar-refractivity contribution in [3.63, 3.8) is 0 Å². The fourth-order valence-corrected chi connectivity index (χ4v) is 3.96. The summed E-state index contributed by atoms with van der Waals surface area (Å²) in [6.45, 7) is 6.03. The number of esters is 2. The number of hydrogen-bond donors (Lipinski definition) is 1. The number of carbonyl (C=O) groups is 4. The van der Waals surface area contributed by atoms with Gasteiger partial charge in [0.15, 0.2) is 0 Å². The van der Waals surface area contributed by atoms with Gasteiger partial charge in [-0.1, -0.05) is 37.6 Å². The molecular formula is C29H25ClN2O6. The second-order valence-electron chi connectivity index (χ2n) is 8.72. The minimum atomic E-state index is -0.702. The Morgan fingerprint density at radius 2 is 1.53 bits per heavy atom. The van der Waals surface area contributed by atoms with Crippen LogP contribution in [0.3, 0.4) is 0 Å². The molecule has 0 fully saturated rings. The summed E-state index contributed by atoms with van der Waals surface area (Å²) >= 11 is 6.20. The SMILES string of the molecule is CCOC(=O)c1ccc(N2C(=O)C(Cl)=C(Nc3ccc(C(=O)Oc4cccc(C(C)C)c4)cc3)C2=O)cc1. The summed E-state index contributed by atoms with van der Waals surface area (Å²) in [5.74, 6) is -1.65. The van der Waals surface area contributed by atoms with E-state index in [2.05, 4.69) is 19.2 Å². The van der Waals surface area contributed by atoms with E-state index in [1.54, 1.807) is 37.3 Å². The van der Waals surface area contributed by atoms with Crippen LogP contribution in [0.25, 0.3) is 0 Å². The van der Waals surface area contributed by atoms with Crippen molar-refractivity contribution in [2.45, 2.75) is 26.7 Å². The molecule has 194 valence electrons. The molecular weight excluding hydrogens is 508 g/mol. The lowest BCUT2D eigenvalue weighted by molar-refractivity contribution is -0.120. The monoisotopic (exact) mass is 532 g/mol. The maximum atomic E-state index is 13.0. The molecule has 2 amide bonds. The highest BCUT2D eigenvalue weighted by Crippen LogP contribution is 2.30. The van der Waals surface area contributed by atoms with Crippen molar-refractivity contribution in [2.75, 3.05) is 16.8 Å². The summed E-state index contributed by atoms with van der Waals surface area (Å²) in [5, 5.41) is 2.58. The van der Waals surface area contributed by atoms with Gasteiger partial charge < -0.3 is 14.8 Å². The van der Waals surface area contributed by atoms with E-state index in [0.29, 0.717) is 28.5 Å². The zero-order valence-electron chi connectivity index (χ0n) is 21.0. The number of anilines is 2. The van der Waals surface area contributed by atoms with Crippen molar-refractivity contribution < 1.29 is 28.7 Å². The van der Waals surface area contributed by atoms with Gasteiger partial charge in [-0.2, -0.15) is 0 Å². The molecule has 0 bridgehead atoms. The molecule has 8 nitrogen and oxygen atoms in total. The van der Waals surface area contributed by atoms with Crippen molar-refractivity contribution in [2.24, 2.45) is 0 Å². The van der Waals surface area contributed by atoms with Crippen molar-refractivity contribution in [3.05, 3.63) is 100 Å². The minimum absolute atomic E-state index is 0.105. The molecule has 1 aliphatic rings. The molecule has 1 aliphatic heterocycles. The summed E-state index contributed by atoms with van der Waals surface area (Å²) in [6, 6.07) is 19.4. The molecule has 1 N–H and O–H groups in total. The third kappa shape index (κ3) is 5.60. The van der Waals surface area contributed by atoms with Gasteiger partial charge in [-0.05, 0) is 79.1 Å². The number of amides is 2. The fourth-order valence-electron chi connectivity index (χ4n) is 3.74. The second-order valence-corrected chi connectivity index (χ2v) is 9.10. The first-order valence-electron chi connectivity index (χ1n) is 11.9. The summed E-state index contributed by atoms with van der Waals surface area (Å²) in [6.07, 6.45) is 0. The van der Waals surface area contributed by atoms with Gasteiger partial charge in [0.1, 0.15) is 16.5 Å². The third-order valence-corrected chi connectivity index (χ3v) is 6.14. The lowest BCUT2D eigenvalue weighted by Crippen LogP contribution is -2.32. The second kappa shape index (κ2) is 11.3. The average molecular weight is 533 g/mol. The van der Waals surface area contributed by atoms with Crippen LogP contribution in [0, 0.1) is 0 Å². The Morgan fingerprint density at radius 1 is 0.895 bits per heavy atom. The Labute approximate surface area is 224 Å². The summed E-state index contributed by atoms with van der Waals surface area (Å²) < 4.78 is 10.4. The number of rotatable bonds is 8. The number of benzene rings is 3. The lowest BCUT2D eigenvalue weighted by atomic mass is 10.0. The van der Waals surface area contributed by atoms with Crippen molar-refractivity contribution in [1.82, 2.24) is 0 Å². The molecule has 0 radical (unpaired) electrons. The normalized spacial score (nSPS) is 13.2. The number of halogens is 1. The average Bonchev–Trinajstić information content (AvgIpc) is 3.12. The highest BCUT2D eigenvalue weighted by molar-refractivity contribution is 6.53. The van der Waals surface area contributed by atoms with Gasteiger partial charge in [-0.25, -0.2) is 14.5 Å². The summed E-state index contributed by atoms with van der Waals surface area (Å²) in [7, 11) is 0. The maximum absolute atomic E-state index is 13.0. The van der Waals surface area contributed by atoms with Crippen LogP contribution in [0.5, 0.6) is 5.75 Å². The van der Waals surface area contributed by atoms with E-state index in [0.717, 1.165) is 10.5 Å². The van der Waals surface area contributed by atoms with Gasteiger partial charge in [0.25, 0.3) is 11.8 Å². The first-order valence-corrected chi connectivity index (χ1v) is 12.3. The van der Waals surface area contributed by atoms with Gasteiger partial charge in [-0.3, -0.25) is 9.59 Å². The van der Waals surface area contributed by atoms with Gasteiger partial charge in [-0.15, -0.1) is 0 Å². The third-order valence-electron chi connectivity index (χ3n) is 5.79. The molecule has 0 spiro atoms. The molecule has 1 heterocycles. The number of ether oxygens (including phenoxy) is 2. The fraction of sp³-hybridized carbons (Fsp3) is 0.172. The highest BCUT2D eigenvalue weighted by Gasteiger charge is 2.39. The van der Waals surface area contributed by atoms with Crippen molar-refractivity contribution in [1.29, 1.82) is 0 Å². The Balaban J connectivity index is 1.44. The molecule has 0 atom stereocenters. The molecule has 9 heteroatoms. The number of nitrogens with zero attached hydrogens (tertiary/aromatic N) is 1. The molecule has 0 saturated heterocycles. The molecule has 3 aromatic carbocycles. The van der Waals surface area contributed by atoms with Gasteiger partial charge >= 0.3 is 11.9 Å². The number of nitrogens with one attached hydrogen (secondary N) is 1. The number of imide groups is 1. The predicted octanol–water partition coefficient (Wildman–Crippen LogP) is 5.64. The quantitative estimate of drug-likeness (QED) is 0.227. The first kappa shape index (κ1) is 26.6. The highest BCUT2D eigenvalue weighted by atomic mass is 35.5. The number of carbonyl (C=O) groups excluding carboxylic acids is 4. The van der Waals surface area contributed by atoms with Gasteiger partial charge in [0.05, 0.1) is 23.4 Å². The Kier molecular flexibility index (Phi) is 7.93. The molecule has 0 aliphatic carbocycles. The van der Waals surface area contributed by atoms with E-state index < -0.39 is 23.8 Å². The molecule has 38 heavy (non-hydrogen) atoms. The summed E-state index contributed by atoms with van der Waals surface area (Å²) in [4.78, 5) is 51.2. The Hall–Kier alpha value is -4.43. The Bertz CT molecular complexity index is 1430. The van der Waals surface area contributed by atoms with Crippen LogP contribution in [-0.4, -0.2) is 30.4 Å². The smallest absolute Gasteiger partial charge is 0.343 e. The van der Waals surface area contributed by atoms with Crippen LogP contribution >= 0.6 is 11.6 Å². The Morgan fingerprint density at radius 3 is 2.16 bits per heavy atom. The van der Waals surface area contributed by atoms with Crippen LogP contribution in [0.4, 0.5) is 11.4 Å². The topological polar surface area (TPSA) is 102 Å². The van der Waals surface area contributed by atoms with Crippen LogP contribution < -0.4 is 15.0 Å². The van der Waals surface area contributed by atoms with Crippen LogP contribution in [0.2, 0.25) is 0 Å². The van der Waals surface area contributed by atoms with Crippen LogP contribution in [0.1, 0.15) is 53.0 Å². The molecule has 0 unspecified atom stereocenters. The lowest BCUT2D eigenvalue weighted by Gasteiger charge is -2.15. The van der Waals surface area contributed by atoms with Gasteiger partial charge in [0, 0.05) is 5.69 Å². The zero-order chi connectivity index (χ0) is 27.4. The summed E-state index contributed by atoms with van der Waals surface area (Å²) in [5.41, 5.74) is 2.24. The van der Waals surface area contributed by atoms with E-state index in [-0.39, 0.29) is 23.0 Å². The van der Waals surface area contributed by atoms with E-state index in [1.165, 1.54) is 24.3 Å². The molecule has 0 saturated carbocycles. The first-order chi connectivity index (χ1) is 18.2. The van der Waals surface area contributed by atoms with E-state index in [1.807, 2.05) is 18.2 Å².